The van der Waals surface area contributed by atoms with Crippen LogP contribution in [0.1, 0.15) is 58.9 Å². The monoisotopic (exact) mass is 533 g/mol. The minimum Gasteiger partial charge on any atom is -0.477 e. The van der Waals surface area contributed by atoms with Gasteiger partial charge in [0.15, 0.2) is 0 Å². The van der Waals surface area contributed by atoms with Gasteiger partial charge in [-0.15, -0.1) is 0 Å². The van der Waals surface area contributed by atoms with Gasteiger partial charge in [0.1, 0.15) is 5.82 Å². The topological polar surface area (TPSA) is 92.2 Å². The van der Waals surface area contributed by atoms with E-state index in [0.717, 1.165) is 24.8 Å². The highest BCUT2D eigenvalue weighted by molar-refractivity contribution is 5.97. The standard InChI is InChI=1S/C30H26F3N3O3/c31-21-13-10-19(11-14-21)27-25(9-4-16-30(32,33)29(38)39)34-26-17-20(12-15-24(26)35-27)28(37)36-23-8-3-6-18-5-1-2-7-22(18)23/h1-2,5,7,10-15,17,23H,3-4,6,8-9,16H2,(H,36,37)(H,38,39)/t23-/m1/s1. The van der Waals surface area contributed by atoms with E-state index >= 15 is 0 Å². The number of nitrogens with zero attached hydrogens (tertiary/aromatic N) is 2. The SMILES string of the molecule is O=C(N[C@@H]1CCCc2ccccc21)c1ccc2nc(-c3ccc(F)cc3)c(CCCC(F)(F)C(=O)O)nc2c1. The number of halogens is 3. The number of nitrogens with one attached hydrogen (secondary N) is 1. The lowest BCUT2D eigenvalue weighted by molar-refractivity contribution is -0.165. The number of carbonyl (C=O) groups excluding carboxylic acids is 1. The molecule has 1 aliphatic carbocycles. The minimum absolute atomic E-state index is 0.0216. The minimum atomic E-state index is -3.86. The number of benzene rings is 3. The molecule has 2 N–H and O–H groups in total. The third-order valence-corrected chi connectivity index (χ3v) is 7.01. The molecule has 3 aromatic carbocycles. The number of alkyl halides is 2. The van der Waals surface area contributed by atoms with Crippen molar-refractivity contribution in [3.63, 3.8) is 0 Å². The normalized spacial score (nSPS) is 15.1. The summed E-state index contributed by atoms with van der Waals surface area (Å²) in [6, 6.07) is 18.5. The highest BCUT2D eigenvalue weighted by Gasteiger charge is 2.37. The number of amides is 1. The number of hydrogen-bond donors (Lipinski definition) is 2. The summed E-state index contributed by atoms with van der Waals surface area (Å²) in [5.74, 6) is -6.73. The van der Waals surface area contributed by atoms with Crippen molar-refractivity contribution in [1.82, 2.24) is 15.3 Å². The average Bonchev–Trinajstić information content (AvgIpc) is 2.93. The number of carboxylic acids is 1. The first-order chi connectivity index (χ1) is 18.7. The van der Waals surface area contributed by atoms with E-state index in [1.807, 2.05) is 18.2 Å². The summed E-state index contributed by atoms with van der Waals surface area (Å²) >= 11 is 0. The predicted octanol–water partition coefficient (Wildman–Crippen LogP) is 6.29. The van der Waals surface area contributed by atoms with E-state index in [2.05, 4.69) is 21.4 Å². The van der Waals surface area contributed by atoms with Crippen molar-refractivity contribution in [2.75, 3.05) is 0 Å². The summed E-state index contributed by atoms with van der Waals surface area (Å²) < 4.78 is 40.9. The van der Waals surface area contributed by atoms with Crippen LogP contribution < -0.4 is 5.32 Å². The van der Waals surface area contributed by atoms with Gasteiger partial charge < -0.3 is 10.4 Å². The van der Waals surface area contributed by atoms with E-state index < -0.39 is 24.1 Å². The number of hydrogen-bond acceptors (Lipinski definition) is 4. The Labute approximate surface area is 222 Å². The highest BCUT2D eigenvalue weighted by atomic mass is 19.3. The summed E-state index contributed by atoms with van der Waals surface area (Å²) in [6.45, 7) is 0. The molecular formula is C30H26F3N3O3. The molecule has 1 aliphatic rings. The van der Waals surface area contributed by atoms with Gasteiger partial charge in [0.2, 0.25) is 0 Å². The van der Waals surface area contributed by atoms with Gasteiger partial charge in [-0.05, 0) is 85.7 Å². The Hall–Kier alpha value is -4.27. The zero-order valence-corrected chi connectivity index (χ0v) is 21.0. The Morgan fingerprint density at radius 3 is 2.54 bits per heavy atom. The van der Waals surface area contributed by atoms with Crippen molar-refractivity contribution < 1.29 is 27.9 Å². The van der Waals surface area contributed by atoms with Gasteiger partial charge in [-0.1, -0.05) is 24.3 Å². The van der Waals surface area contributed by atoms with Crippen molar-refractivity contribution in [3.8, 4) is 11.3 Å². The Morgan fingerprint density at radius 2 is 1.77 bits per heavy atom. The molecule has 0 radical (unpaired) electrons. The fraction of sp³-hybridized carbons (Fsp3) is 0.267. The first-order valence-corrected chi connectivity index (χ1v) is 12.8. The van der Waals surface area contributed by atoms with Crippen molar-refractivity contribution >= 4 is 22.9 Å². The van der Waals surface area contributed by atoms with Crippen LogP contribution in [0.15, 0.2) is 66.7 Å². The largest absolute Gasteiger partial charge is 0.477 e. The second-order valence-corrected chi connectivity index (χ2v) is 9.71. The molecular weight excluding hydrogens is 507 g/mol. The average molecular weight is 534 g/mol. The van der Waals surface area contributed by atoms with E-state index in [9.17, 15) is 22.8 Å². The van der Waals surface area contributed by atoms with Crippen LogP contribution in [0, 0.1) is 5.82 Å². The molecule has 5 rings (SSSR count). The van der Waals surface area contributed by atoms with Crippen LogP contribution >= 0.6 is 0 Å². The third kappa shape index (κ3) is 5.77. The lowest BCUT2D eigenvalue weighted by Crippen LogP contribution is -2.31. The summed E-state index contributed by atoms with van der Waals surface area (Å²) in [4.78, 5) is 33.3. The number of carbonyl (C=O) groups is 2. The molecule has 39 heavy (non-hydrogen) atoms. The molecule has 1 heterocycles. The van der Waals surface area contributed by atoms with Crippen LogP contribution in [0.4, 0.5) is 13.2 Å². The van der Waals surface area contributed by atoms with Crippen molar-refractivity contribution in [1.29, 1.82) is 0 Å². The van der Waals surface area contributed by atoms with Gasteiger partial charge in [-0.25, -0.2) is 19.2 Å². The Bertz CT molecular complexity index is 1540. The number of aliphatic carboxylic acids is 1. The molecule has 0 unspecified atom stereocenters. The Morgan fingerprint density at radius 1 is 1.00 bits per heavy atom. The van der Waals surface area contributed by atoms with Gasteiger partial charge in [-0.3, -0.25) is 4.79 Å². The molecule has 200 valence electrons. The number of carboxylic acid groups (broad SMARTS) is 1. The van der Waals surface area contributed by atoms with Crippen LogP contribution in [0.2, 0.25) is 0 Å². The summed E-state index contributed by atoms with van der Waals surface area (Å²) in [5, 5.41) is 11.9. The molecule has 9 heteroatoms. The molecule has 1 aromatic heterocycles. The van der Waals surface area contributed by atoms with Crippen molar-refractivity contribution in [2.45, 2.75) is 50.5 Å². The maximum Gasteiger partial charge on any atom is 0.374 e. The molecule has 6 nitrogen and oxygen atoms in total. The fourth-order valence-corrected chi connectivity index (χ4v) is 4.98. The number of fused-ring (bicyclic) bond motifs is 2. The molecule has 0 saturated carbocycles. The van der Waals surface area contributed by atoms with Crippen molar-refractivity contribution in [2.24, 2.45) is 0 Å². The van der Waals surface area contributed by atoms with E-state index in [4.69, 9.17) is 5.11 Å². The summed E-state index contributed by atoms with van der Waals surface area (Å²) in [5.41, 5.74) is 4.89. The fourth-order valence-electron chi connectivity index (χ4n) is 4.98. The third-order valence-electron chi connectivity index (χ3n) is 7.01. The number of aromatic nitrogens is 2. The zero-order chi connectivity index (χ0) is 27.6. The van der Waals surface area contributed by atoms with Gasteiger partial charge in [-0.2, -0.15) is 8.78 Å². The molecule has 4 aromatic rings. The maximum atomic E-state index is 13.7. The van der Waals surface area contributed by atoms with Crippen LogP contribution in [0.25, 0.3) is 22.3 Å². The Balaban J connectivity index is 1.44. The molecule has 1 amide bonds. The first kappa shape index (κ1) is 26.3. The zero-order valence-electron chi connectivity index (χ0n) is 21.0. The van der Waals surface area contributed by atoms with Crippen LogP contribution in [0.5, 0.6) is 0 Å². The van der Waals surface area contributed by atoms with Gasteiger partial charge in [0.25, 0.3) is 5.91 Å². The molecule has 0 spiro atoms. The van der Waals surface area contributed by atoms with E-state index in [-0.39, 0.29) is 24.8 Å². The summed E-state index contributed by atoms with van der Waals surface area (Å²) in [6.07, 6.45) is 1.79. The van der Waals surface area contributed by atoms with Crippen molar-refractivity contribution in [3.05, 3.63) is 94.9 Å². The molecule has 1 atom stereocenters. The summed E-state index contributed by atoms with van der Waals surface area (Å²) in [7, 11) is 0. The maximum absolute atomic E-state index is 13.7. The smallest absolute Gasteiger partial charge is 0.374 e. The van der Waals surface area contributed by atoms with E-state index in [0.29, 0.717) is 33.5 Å². The lowest BCUT2D eigenvalue weighted by atomic mass is 9.87. The molecule has 0 fully saturated rings. The molecule has 0 aliphatic heterocycles. The second kappa shape index (κ2) is 10.8. The highest BCUT2D eigenvalue weighted by Crippen LogP contribution is 2.31. The quantitative estimate of drug-likeness (QED) is 0.278. The van der Waals surface area contributed by atoms with Gasteiger partial charge in [0, 0.05) is 17.5 Å². The van der Waals surface area contributed by atoms with Crippen LogP contribution in [-0.2, 0) is 17.6 Å². The number of rotatable bonds is 8. The Kier molecular flexibility index (Phi) is 7.32. The van der Waals surface area contributed by atoms with E-state index in [1.165, 1.54) is 29.8 Å². The molecule has 0 bridgehead atoms. The van der Waals surface area contributed by atoms with Crippen LogP contribution in [-0.4, -0.2) is 32.9 Å². The first-order valence-electron chi connectivity index (χ1n) is 12.8. The van der Waals surface area contributed by atoms with Crippen LogP contribution in [0.3, 0.4) is 0 Å². The second-order valence-electron chi connectivity index (χ2n) is 9.71. The van der Waals surface area contributed by atoms with Gasteiger partial charge >= 0.3 is 11.9 Å². The predicted molar refractivity (Wildman–Crippen MR) is 140 cm³/mol. The molecule has 0 saturated heterocycles. The lowest BCUT2D eigenvalue weighted by Gasteiger charge is -2.26. The number of aryl methyl sites for hydroxylation is 2. The van der Waals surface area contributed by atoms with E-state index in [1.54, 1.807) is 18.2 Å². The van der Waals surface area contributed by atoms with Gasteiger partial charge in [0.05, 0.1) is 28.5 Å².